The Kier molecular flexibility index (Phi) is 4.83. The number of likely N-dealkylation sites (N-methyl/N-ethyl adjacent to an activating group) is 1. The van der Waals surface area contributed by atoms with Crippen molar-refractivity contribution in [3.05, 3.63) is 0 Å². The maximum Gasteiger partial charge on any atom is 0.320 e. The Morgan fingerprint density at radius 3 is 2.19 bits per heavy atom. The molecule has 21 heavy (non-hydrogen) atoms. The summed E-state index contributed by atoms with van der Waals surface area (Å²) in [5.41, 5.74) is 0.267. The molecule has 2 amide bonds. The highest BCUT2D eigenvalue weighted by atomic mass is 16.2. The van der Waals surface area contributed by atoms with Gasteiger partial charge in [-0.1, -0.05) is 0 Å². The van der Waals surface area contributed by atoms with E-state index < -0.39 is 0 Å². The highest BCUT2D eigenvalue weighted by molar-refractivity contribution is 5.75. The molecule has 0 aromatic heterocycles. The summed E-state index contributed by atoms with van der Waals surface area (Å²) in [7, 11) is 4.11. The molecule has 0 aromatic carbocycles. The van der Waals surface area contributed by atoms with Crippen molar-refractivity contribution in [3.63, 3.8) is 0 Å². The molecule has 0 saturated carbocycles. The number of carbonyl (C=O) groups excluding carboxylic acids is 1. The second-order valence-corrected chi connectivity index (χ2v) is 7.65. The summed E-state index contributed by atoms with van der Waals surface area (Å²) in [6.45, 7) is 14.9. The molecule has 0 radical (unpaired) electrons. The Balaban J connectivity index is 1.99. The lowest BCUT2D eigenvalue weighted by Crippen LogP contribution is -2.67. The standard InChI is InChI=1S/C16H32N4O/c1-13(2)18(6)15(21)20-11-16(12-20)9-17(5)7-8-19(10-16)14(3)4/h13-14H,7-12H2,1-6H3. The van der Waals surface area contributed by atoms with E-state index in [-0.39, 0.29) is 17.5 Å². The summed E-state index contributed by atoms with van der Waals surface area (Å²) in [6, 6.07) is 1.02. The Morgan fingerprint density at radius 2 is 1.67 bits per heavy atom. The molecule has 0 atom stereocenters. The largest absolute Gasteiger partial charge is 0.325 e. The van der Waals surface area contributed by atoms with Crippen LogP contribution in [-0.4, -0.2) is 91.1 Å². The average molecular weight is 296 g/mol. The number of hydrogen-bond acceptors (Lipinski definition) is 3. The average Bonchev–Trinajstić information content (AvgIpc) is 2.54. The predicted molar refractivity (Wildman–Crippen MR) is 86.5 cm³/mol. The minimum absolute atomic E-state index is 0.179. The first-order valence-electron chi connectivity index (χ1n) is 8.18. The molecular weight excluding hydrogens is 264 g/mol. The fourth-order valence-electron chi connectivity index (χ4n) is 3.49. The topological polar surface area (TPSA) is 30.0 Å². The Hall–Kier alpha value is -0.810. The van der Waals surface area contributed by atoms with Gasteiger partial charge in [-0.3, -0.25) is 4.90 Å². The molecule has 122 valence electrons. The van der Waals surface area contributed by atoms with E-state index in [4.69, 9.17) is 0 Å². The maximum atomic E-state index is 12.4. The van der Waals surface area contributed by atoms with Gasteiger partial charge in [0.05, 0.1) is 0 Å². The van der Waals surface area contributed by atoms with Gasteiger partial charge in [-0.25, -0.2) is 4.79 Å². The molecule has 0 bridgehead atoms. The van der Waals surface area contributed by atoms with Crippen LogP contribution in [0.2, 0.25) is 0 Å². The zero-order valence-corrected chi connectivity index (χ0v) is 14.6. The van der Waals surface area contributed by atoms with E-state index in [9.17, 15) is 4.79 Å². The zero-order chi connectivity index (χ0) is 15.8. The SMILES string of the molecule is CC(C)N1CCN(C)CC2(CN(C(=O)N(C)C(C)C)C2)C1. The minimum Gasteiger partial charge on any atom is -0.325 e. The highest BCUT2D eigenvalue weighted by Gasteiger charge is 2.48. The van der Waals surface area contributed by atoms with Crippen molar-refractivity contribution in [2.45, 2.75) is 39.8 Å². The summed E-state index contributed by atoms with van der Waals surface area (Å²) < 4.78 is 0. The first-order chi connectivity index (χ1) is 9.74. The van der Waals surface area contributed by atoms with Crippen LogP contribution >= 0.6 is 0 Å². The third-order valence-electron chi connectivity index (χ3n) is 5.04. The lowest BCUT2D eigenvalue weighted by Gasteiger charge is -2.53. The number of rotatable bonds is 2. The Morgan fingerprint density at radius 1 is 1.05 bits per heavy atom. The van der Waals surface area contributed by atoms with Crippen molar-refractivity contribution in [2.75, 3.05) is 53.4 Å². The van der Waals surface area contributed by atoms with E-state index in [1.165, 1.54) is 0 Å². The molecule has 0 unspecified atom stereocenters. The zero-order valence-electron chi connectivity index (χ0n) is 14.6. The molecule has 5 nitrogen and oxygen atoms in total. The van der Waals surface area contributed by atoms with Gasteiger partial charge in [0.2, 0.25) is 0 Å². The number of hydrogen-bond donors (Lipinski definition) is 0. The molecule has 2 saturated heterocycles. The number of carbonyl (C=O) groups is 1. The normalized spacial score (nSPS) is 23.5. The molecule has 0 aromatic rings. The second kappa shape index (κ2) is 6.13. The molecule has 2 aliphatic heterocycles. The molecular formula is C16H32N4O. The van der Waals surface area contributed by atoms with E-state index >= 15 is 0 Å². The summed E-state index contributed by atoms with van der Waals surface area (Å²) in [5.74, 6) is 0. The molecule has 2 rings (SSSR count). The number of amides is 2. The maximum absolute atomic E-state index is 12.4. The van der Waals surface area contributed by atoms with Crippen LogP contribution in [0.25, 0.3) is 0 Å². The summed E-state index contributed by atoms with van der Waals surface area (Å²) in [5, 5.41) is 0. The van der Waals surface area contributed by atoms with Crippen molar-refractivity contribution >= 4 is 6.03 Å². The highest BCUT2D eigenvalue weighted by Crippen LogP contribution is 2.35. The van der Waals surface area contributed by atoms with Crippen molar-refractivity contribution in [2.24, 2.45) is 5.41 Å². The second-order valence-electron chi connectivity index (χ2n) is 7.65. The van der Waals surface area contributed by atoms with Gasteiger partial charge < -0.3 is 14.7 Å². The molecule has 0 N–H and O–H groups in total. The van der Waals surface area contributed by atoms with Gasteiger partial charge in [-0.2, -0.15) is 0 Å². The van der Waals surface area contributed by atoms with Crippen LogP contribution in [-0.2, 0) is 0 Å². The van der Waals surface area contributed by atoms with Gasteiger partial charge in [0.25, 0.3) is 0 Å². The van der Waals surface area contributed by atoms with E-state index in [0.29, 0.717) is 6.04 Å². The number of likely N-dealkylation sites (tertiary alicyclic amines) is 1. The van der Waals surface area contributed by atoms with E-state index in [2.05, 4.69) is 44.5 Å². The molecule has 0 aliphatic carbocycles. The fraction of sp³-hybridized carbons (Fsp3) is 0.938. The van der Waals surface area contributed by atoms with Crippen molar-refractivity contribution in [1.29, 1.82) is 0 Å². The fourth-order valence-corrected chi connectivity index (χ4v) is 3.49. The molecule has 5 heteroatoms. The van der Waals surface area contributed by atoms with Crippen LogP contribution in [0.1, 0.15) is 27.7 Å². The third kappa shape index (κ3) is 3.51. The Labute approximate surface area is 129 Å². The van der Waals surface area contributed by atoms with Crippen LogP contribution in [0.3, 0.4) is 0 Å². The van der Waals surface area contributed by atoms with Crippen LogP contribution in [0, 0.1) is 5.41 Å². The van der Waals surface area contributed by atoms with Crippen LogP contribution < -0.4 is 0 Å². The first-order valence-corrected chi connectivity index (χ1v) is 8.18. The predicted octanol–water partition coefficient (Wildman–Crippen LogP) is 1.40. The van der Waals surface area contributed by atoms with Crippen LogP contribution in [0.4, 0.5) is 4.79 Å². The Bertz CT molecular complexity index is 376. The quantitative estimate of drug-likeness (QED) is 0.772. The van der Waals surface area contributed by atoms with E-state index in [1.54, 1.807) is 0 Å². The molecule has 2 heterocycles. The van der Waals surface area contributed by atoms with Gasteiger partial charge in [0.15, 0.2) is 0 Å². The van der Waals surface area contributed by atoms with Crippen molar-refractivity contribution in [1.82, 2.24) is 19.6 Å². The number of urea groups is 1. The van der Waals surface area contributed by atoms with Gasteiger partial charge in [0.1, 0.15) is 0 Å². The lowest BCUT2D eigenvalue weighted by molar-refractivity contribution is -0.0159. The lowest BCUT2D eigenvalue weighted by atomic mass is 9.79. The van der Waals surface area contributed by atoms with Gasteiger partial charge in [0, 0.05) is 63.8 Å². The van der Waals surface area contributed by atoms with Gasteiger partial charge >= 0.3 is 6.03 Å². The van der Waals surface area contributed by atoms with Crippen molar-refractivity contribution < 1.29 is 4.79 Å². The molecule has 2 aliphatic rings. The minimum atomic E-state index is 0.179. The molecule has 1 spiro atoms. The van der Waals surface area contributed by atoms with E-state index in [1.807, 2.05) is 16.8 Å². The smallest absolute Gasteiger partial charge is 0.320 e. The van der Waals surface area contributed by atoms with E-state index in [0.717, 1.165) is 39.3 Å². The van der Waals surface area contributed by atoms with Gasteiger partial charge in [-0.15, -0.1) is 0 Å². The monoisotopic (exact) mass is 296 g/mol. The first kappa shape index (κ1) is 16.6. The molecule has 2 fully saturated rings. The van der Waals surface area contributed by atoms with Crippen molar-refractivity contribution in [3.8, 4) is 0 Å². The third-order valence-corrected chi connectivity index (χ3v) is 5.04. The summed E-state index contributed by atoms with van der Waals surface area (Å²) >= 11 is 0. The summed E-state index contributed by atoms with van der Waals surface area (Å²) in [4.78, 5) is 21.2. The number of nitrogens with zero attached hydrogens (tertiary/aromatic N) is 4. The summed E-state index contributed by atoms with van der Waals surface area (Å²) in [6.07, 6.45) is 0. The van der Waals surface area contributed by atoms with Gasteiger partial charge in [-0.05, 0) is 34.7 Å². The van der Waals surface area contributed by atoms with Crippen LogP contribution in [0.5, 0.6) is 0 Å². The van der Waals surface area contributed by atoms with Crippen LogP contribution in [0.15, 0.2) is 0 Å².